The maximum Gasteiger partial charge on any atom is 0.280 e. The maximum absolute atomic E-state index is 13.7. The lowest BCUT2D eigenvalue weighted by atomic mass is 9.87. The first-order chi connectivity index (χ1) is 10.1. The van der Waals surface area contributed by atoms with Gasteiger partial charge >= 0.3 is 0 Å². The number of hydrogen-bond donors (Lipinski definition) is 2. The van der Waals surface area contributed by atoms with Gasteiger partial charge < -0.3 is 9.84 Å². The first-order valence-corrected chi connectivity index (χ1v) is 6.98. The van der Waals surface area contributed by atoms with Crippen LogP contribution in [-0.2, 0) is 6.42 Å². The zero-order valence-corrected chi connectivity index (χ0v) is 11.4. The van der Waals surface area contributed by atoms with E-state index in [1.807, 2.05) is 0 Å². The van der Waals surface area contributed by atoms with Crippen molar-refractivity contribution in [2.24, 2.45) is 0 Å². The summed E-state index contributed by atoms with van der Waals surface area (Å²) in [5, 5.41) is 5.54. The SMILES string of the molecule is O=c1cc(C2CCNC(Cc3c(F)cccc3F)C2)o[nH]1. The maximum atomic E-state index is 13.7. The predicted molar refractivity (Wildman–Crippen MR) is 73.2 cm³/mol. The van der Waals surface area contributed by atoms with E-state index in [2.05, 4.69) is 10.5 Å². The van der Waals surface area contributed by atoms with Gasteiger partial charge in [0.25, 0.3) is 5.56 Å². The van der Waals surface area contributed by atoms with E-state index < -0.39 is 11.6 Å². The molecule has 2 N–H and O–H groups in total. The van der Waals surface area contributed by atoms with Crippen molar-refractivity contribution in [3.8, 4) is 0 Å². The summed E-state index contributed by atoms with van der Waals surface area (Å²) >= 11 is 0. The predicted octanol–water partition coefficient (Wildman–Crippen LogP) is 2.32. The van der Waals surface area contributed by atoms with Crippen molar-refractivity contribution < 1.29 is 13.3 Å². The molecule has 2 aromatic rings. The summed E-state index contributed by atoms with van der Waals surface area (Å²) in [6.45, 7) is 0.723. The number of piperidine rings is 1. The van der Waals surface area contributed by atoms with E-state index in [0.717, 1.165) is 13.0 Å². The molecule has 2 atom stereocenters. The minimum atomic E-state index is -0.521. The minimum absolute atomic E-state index is 0.0460. The zero-order chi connectivity index (χ0) is 14.8. The van der Waals surface area contributed by atoms with Crippen LogP contribution in [0.15, 0.2) is 33.6 Å². The molecule has 2 unspecified atom stereocenters. The van der Waals surface area contributed by atoms with Gasteiger partial charge in [0.15, 0.2) is 0 Å². The number of halogens is 2. The van der Waals surface area contributed by atoms with Crippen LogP contribution < -0.4 is 10.9 Å². The molecule has 4 nitrogen and oxygen atoms in total. The van der Waals surface area contributed by atoms with Gasteiger partial charge in [-0.2, -0.15) is 5.16 Å². The van der Waals surface area contributed by atoms with Crippen LogP contribution in [0.5, 0.6) is 0 Å². The molecule has 0 spiro atoms. The first kappa shape index (κ1) is 14.0. The Hall–Kier alpha value is -1.95. The molecule has 0 radical (unpaired) electrons. The number of rotatable bonds is 3. The van der Waals surface area contributed by atoms with Crippen molar-refractivity contribution in [2.75, 3.05) is 6.54 Å². The fourth-order valence-electron chi connectivity index (χ4n) is 2.89. The smallest absolute Gasteiger partial charge is 0.280 e. The van der Waals surface area contributed by atoms with Crippen molar-refractivity contribution in [3.05, 3.63) is 57.6 Å². The summed E-state index contributed by atoms with van der Waals surface area (Å²) < 4.78 is 32.5. The summed E-state index contributed by atoms with van der Waals surface area (Å²) in [7, 11) is 0. The van der Waals surface area contributed by atoms with Gasteiger partial charge in [-0.05, 0) is 37.9 Å². The molecule has 1 aromatic heterocycles. The molecule has 6 heteroatoms. The van der Waals surface area contributed by atoms with Crippen LogP contribution in [0.2, 0.25) is 0 Å². The highest BCUT2D eigenvalue weighted by Crippen LogP contribution is 2.28. The lowest BCUT2D eigenvalue weighted by molar-refractivity contribution is 0.290. The minimum Gasteiger partial charge on any atom is -0.383 e. The molecule has 2 heterocycles. The third kappa shape index (κ3) is 3.05. The van der Waals surface area contributed by atoms with E-state index in [-0.39, 0.29) is 29.5 Å². The zero-order valence-electron chi connectivity index (χ0n) is 11.4. The first-order valence-electron chi connectivity index (χ1n) is 6.98. The van der Waals surface area contributed by atoms with Gasteiger partial charge in [-0.1, -0.05) is 6.07 Å². The lowest BCUT2D eigenvalue weighted by Crippen LogP contribution is -2.39. The second-order valence-corrected chi connectivity index (χ2v) is 5.39. The fraction of sp³-hybridized carbons (Fsp3) is 0.400. The highest BCUT2D eigenvalue weighted by Gasteiger charge is 2.27. The summed E-state index contributed by atoms with van der Waals surface area (Å²) in [6.07, 6.45) is 1.79. The summed E-state index contributed by atoms with van der Waals surface area (Å²) in [4.78, 5) is 11.1. The van der Waals surface area contributed by atoms with Gasteiger partial charge in [0.1, 0.15) is 17.4 Å². The van der Waals surface area contributed by atoms with E-state index in [4.69, 9.17) is 4.52 Å². The van der Waals surface area contributed by atoms with Crippen LogP contribution in [0.25, 0.3) is 0 Å². The molecule has 0 amide bonds. The standard InChI is InChI=1S/C15H16F2N2O2/c16-12-2-1-3-13(17)11(12)7-10-6-9(4-5-18-10)14-8-15(20)19-21-14/h1-3,8-10,18H,4-7H2,(H,19,20). The van der Waals surface area contributed by atoms with Gasteiger partial charge in [0.05, 0.1) is 0 Å². The highest BCUT2D eigenvalue weighted by atomic mass is 19.1. The number of aromatic nitrogens is 1. The Morgan fingerprint density at radius 3 is 2.71 bits per heavy atom. The van der Waals surface area contributed by atoms with Crippen LogP contribution in [0.3, 0.4) is 0 Å². The van der Waals surface area contributed by atoms with Crippen LogP contribution in [-0.4, -0.2) is 17.7 Å². The van der Waals surface area contributed by atoms with E-state index in [1.54, 1.807) is 0 Å². The molecular weight excluding hydrogens is 278 g/mol. The normalized spacial score (nSPS) is 22.4. The van der Waals surface area contributed by atoms with Crippen molar-refractivity contribution >= 4 is 0 Å². The Bertz CT molecular complexity index is 660. The van der Waals surface area contributed by atoms with Gasteiger partial charge in [-0.25, -0.2) is 8.78 Å². The topological polar surface area (TPSA) is 58.0 Å². The molecule has 1 aliphatic heterocycles. The molecule has 0 bridgehead atoms. The molecule has 1 aromatic carbocycles. The van der Waals surface area contributed by atoms with Crippen molar-refractivity contribution in [3.63, 3.8) is 0 Å². The van der Waals surface area contributed by atoms with Crippen molar-refractivity contribution in [2.45, 2.75) is 31.2 Å². The number of H-pyrrole nitrogens is 1. The summed E-state index contributed by atoms with van der Waals surface area (Å²) in [5.74, 6) is -0.343. The number of benzene rings is 1. The largest absolute Gasteiger partial charge is 0.383 e. The molecule has 1 fully saturated rings. The monoisotopic (exact) mass is 294 g/mol. The van der Waals surface area contributed by atoms with Crippen LogP contribution in [0, 0.1) is 11.6 Å². The van der Waals surface area contributed by atoms with Crippen molar-refractivity contribution in [1.29, 1.82) is 0 Å². The van der Waals surface area contributed by atoms with Gasteiger partial charge in [0, 0.05) is 23.6 Å². The van der Waals surface area contributed by atoms with E-state index >= 15 is 0 Å². The average molecular weight is 294 g/mol. The Morgan fingerprint density at radius 1 is 1.29 bits per heavy atom. The van der Waals surface area contributed by atoms with Gasteiger partial charge in [0.2, 0.25) is 0 Å². The van der Waals surface area contributed by atoms with E-state index in [0.29, 0.717) is 12.2 Å². The van der Waals surface area contributed by atoms with Crippen LogP contribution in [0.1, 0.15) is 30.1 Å². The Kier molecular flexibility index (Phi) is 3.88. The Labute approximate surface area is 120 Å². The number of aromatic amines is 1. The summed E-state index contributed by atoms with van der Waals surface area (Å²) in [5.41, 5.74) is -0.161. The fourth-order valence-corrected chi connectivity index (χ4v) is 2.89. The molecule has 21 heavy (non-hydrogen) atoms. The third-order valence-electron chi connectivity index (χ3n) is 3.95. The average Bonchev–Trinajstić information content (AvgIpc) is 2.90. The second-order valence-electron chi connectivity index (χ2n) is 5.39. The van der Waals surface area contributed by atoms with Crippen LogP contribution in [0.4, 0.5) is 8.78 Å². The summed E-state index contributed by atoms with van der Waals surface area (Å²) in [6, 6.07) is 5.29. The Morgan fingerprint density at radius 2 is 2.05 bits per heavy atom. The Balaban J connectivity index is 1.73. The van der Waals surface area contributed by atoms with Crippen LogP contribution >= 0.6 is 0 Å². The third-order valence-corrected chi connectivity index (χ3v) is 3.95. The molecule has 3 rings (SSSR count). The molecule has 1 saturated heterocycles. The molecule has 0 aliphatic carbocycles. The quantitative estimate of drug-likeness (QED) is 0.913. The van der Waals surface area contributed by atoms with E-state index in [9.17, 15) is 13.6 Å². The number of nitrogens with one attached hydrogen (secondary N) is 2. The molecule has 112 valence electrons. The lowest BCUT2D eigenvalue weighted by Gasteiger charge is -2.29. The molecular formula is C15H16F2N2O2. The number of hydrogen-bond acceptors (Lipinski definition) is 3. The van der Waals surface area contributed by atoms with E-state index in [1.165, 1.54) is 24.3 Å². The van der Waals surface area contributed by atoms with Gasteiger partial charge in [-0.15, -0.1) is 0 Å². The highest BCUT2D eigenvalue weighted by molar-refractivity contribution is 5.21. The molecule has 0 saturated carbocycles. The van der Waals surface area contributed by atoms with Crippen molar-refractivity contribution in [1.82, 2.24) is 10.5 Å². The van der Waals surface area contributed by atoms with Gasteiger partial charge in [-0.3, -0.25) is 4.79 Å². The molecule has 1 aliphatic rings. The second kappa shape index (κ2) is 5.81.